The van der Waals surface area contributed by atoms with Gasteiger partial charge in [-0.1, -0.05) is 75.3 Å². The maximum Gasteiger partial charge on any atom is 0.268 e. The molecular weight excluding hydrogens is 605 g/mol. The number of ketones is 1. The number of nitrogens with zero attached hydrogens (tertiary/aromatic N) is 1. The number of aromatic nitrogens is 1. The Labute approximate surface area is 277 Å². The molecule has 0 spiro atoms. The van der Waals surface area contributed by atoms with Gasteiger partial charge >= 0.3 is 0 Å². The number of hydrogen-bond acceptors (Lipinski definition) is 6. The first-order valence-electron chi connectivity index (χ1n) is 16.7. The number of carbonyl (C=O) groups is 5. The Kier molecular flexibility index (Phi) is 13.7. The summed E-state index contributed by atoms with van der Waals surface area (Å²) in [4.78, 5) is 70.6. The summed E-state index contributed by atoms with van der Waals surface area (Å²) in [5.41, 5.74) is -0.949. The molecular formula is C35H54FN5O6. The molecule has 12 heteroatoms. The van der Waals surface area contributed by atoms with E-state index in [0.717, 1.165) is 0 Å². The highest BCUT2D eigenvalue weighted by molar-refractivity contribution is 6.01. The zero-order valence-electron chi connectivity index (χ0n) is 29.5. The van der Waals surface area contributed by atoms with Crippen LogP contribution in [0.15, 0.2) is 24.3 Å². The summed E-state index contributed by atoms with van der Waals surface area (Å²) in [7, 11) is 0. The summed E-state index contributed by atoms with van der Waals surface area (Å²) < 4.78 is 14.3. The predicted molar refractivity (Wildman–Crippen MR) is 180 cm³/mol. The van der Waals surface area contributed by atoms with Crippen molar-refractivity contribution < 1.29 is 33.5 Å². The van der Waals surface area contributed by atoms with E-state index in [1.807, 2.05) is 48.5 Å². The third-order valence-corrected chi connectivity index (χ3v) is 9.08. The Bertz CT molecular complexity index is 1430. The quantitative estimate of drug-likeness (QED) is 0.274. The second kappa shape index (κ2) is 16.3. The molecule has 2 saturated heterocycles. The van der Waals surface area contributed by atoms with Crippen molar-refractivity contribution in [3.05, 3.63) is 35.8 Å². The van der Waals surface area contributed by atoms with Gasteiger partial charge in [-0.3, -0.25) is 24.0 Å². The average Bonchev–Trinajstić information content (AvgIpc) is 3.72. The van der Waals surface area contributed by atoms with Gasteiger partial charge in [0.1, 0.15) is 30.2 Å². The molecule has 47 heavy (non-hydrogen) atoms. The molecule has 1 aromatic carbocycles. The van der Waals surface area contributed by atoms with E-state index in [0.29, 0.717) is 18.5 Å². The summed E-state index contributed by atoms with van der Waals surface area (Å²) in [6.45, 7) is 18.9. The molecule has 0 unspecified atom stereocenters. The van der Waals surface area contributed by atoms with Crippen molar-refractivity contribution >= 4 is 40.3 Å². The minimum Gasteiger partial charge on any atom is -0.389 e. The van der Waals surface area contributed by atoms with Crippen LogP contribution in [0.4, 0.5) is 4.39 Å². The fourth-order valence-corrected chi connectivity index (χ4v) is 6.05. The number of likely N-dealkylation sites (tertiary alicyclic amines) is 1. The first-order chi connectivity index (χ1) is 22.1. The Balaban J connectivity index is 0.00000185. The van der Waals surface area contributed by atoms with Gasteiger partial charge in [-0.25, -0.2) is 4.39 Å². The summed E-state index contributed by atoms with van der Waals surface area (Å²) in [5, 5.41) is 18.1. The van der Waals surface area contributed by atoms with E-state index in [2.05, 4.69) is 20.9 Å². The summed E-state index contributed by atoms with van der Waals surface area (Å²) in [6, 6.07) is 2.71. The zero-order chi connectivity index (χ0) is 35.9. The number of aliphatic hydroxyl groups excluding tert-OH is 1. The molecule has 0 saturated carbocycles. The Morgan fingerprint density at radius 2 is 1.74 bits per heavy atom. The van der Waals surface area contributed by atoms with Crippen LogP contribution in [0.5, 0.6) is 0 Å². The average molecular weight is 660 g/mol. The van der Waals surface area contributed by atoms with Crippen LogP contribution in [-0.2, 0) is 19.2 Å². The van der Waals surface area contributed by atoms with E-state index in [-0.39, 0.29) is 35.9 Å². The normalized spacial score (nSPS) is 21.4. The number of aromatic amines is 1. The molecule has 2 aliphatic rings. The van der Waals surface area contributed by atoms with Crippen molar-refractivity contribution in [2.45, 2.75) is 100 Å². The molecule has 0 bridgehead atoms. The lowest BCUT2D eigenvalue weighted by Crippen LogP contribution is -2.60. The molecule has 4 amide bonds. The van der Waals surface area contributed by atoms with Gasteiger partial charge in [0.25, 0.3) is 5.91 Å². The number of Topliss-reactive ketones (excluding diaryl/α,β-unsaturated/α-hetero) is 1. The summed E-state index contributed by atoms with van der Waals surface area (Å²) >= 11 is 0. The van der Waals surface area contributed by atoms with Crippen LogP contribution in [0.2, 0.25) is 0 Å². The molecule has 0 radical (unpaired) electrons. The molecule has 2 aliphatic heterocycles. The molecule has 4 rings (SSSR count). The third kappa shape index (κ3) is 8.77. The van der Waals surface area contributed by atoms with E-state index in [1.165, 1.54) is 23.1 Å². The molecule has 5 atom stereocenters. The lowest BCUT2D eigenvalue weighted by Gasteiger charge is -2.38. The van der Waals surface area contributed by atoms with Gasteiger partial charge in [0, 0.05) is 29.9 Å². The Morgan fingerprint density at radius 1 is 1.11 bits per heavy atom. The Morgan fingerprint density at radius 3 is 2.28 bits per heavy atom. The third-order valence-electron chi connectivity index (χ3n) is 9.08. The standard InChI is InChI=1S/C31H42FN5O6.2C2H6/c1-16-14-37(25(31(16,5)6)28(42)35-21(23(39)15-38)12-17-10-11-33-26(17)40)29(43)24(30(2,3)4)36-27(41)22-13-18-19(32)8-7-9-20(18)34-22;2*1-2/h7-9,13,16-17,21,24-25,34,38H,10-12,14-15H2,1-6H3,(H,33,40)(H,35,42)(H,36,41);2*1-2H3/t16-,17+,21+,24-,25-;;/m1../s1. The zero-order valence-corrected chi connectivity index (χ0v) is 29.5. The first-order valence-corrected chi connectivity index (χ1v) is 16.7. The summed E-state index contributed by atoms with van der Waals surface area (Å²) in [5.74, 6) is -3.55. The molecule has 5 N–H and O–H groups in total. The second-order valence-corrected chi connectivity index (χ2v) is 13.5. The van der Waals surface area contributed by atoms with E-state index < -0.39 is 70.8 Å². The fraction of sp³-hybridized carbons (Fsp3) is 0.629. The van der Waals surface area contributed by atoms with E-state index in [9.17, 15) is 33.5 Å². The van der Waals surface area contributed by atoms with Crippen LogP contribution in [0.1, 0.15) is 92.6 Å². The van der Waals surface area contributed by atoms with Gasteiger partial charge < -0.3 is 30.9 Å². The number of aliphatic hydroxyl groups is 1. The van der Waals surface area contributed by atoms with Crippen molar-refractivity contribution in [1.82, 2.24) is 25.8 Å². The monoisotopic (exact) mass is 659 g/mol. The van der Waals surface area contributed by atoms with Crippen LogP contribution in [0.25, 0.3) is 10.9 Å². The number of benzene rings is 1. The second-order valence-electron chi connectivity index (χ2n) is 13.5. The topological polar surface area (TPSA) is 161 Å². The van der Waals surface area contributed by atoms with Gasteiger partial charge in [0.15, 0.2) is 5.78 Å². The Hall–Kier alpha value is -3.80. The summed E-state index contributed by atoms with van der Waals surface area (Å²) in [6.07, 6.45) is 0.551. The van der Waals surface area contributed by atoms with Gasteiger partial charge in [0.05, 0.1) is 6.04 Å². The van der Waals surface area contributed by atoms with Crippen molar-refractivity contribution in [1.29, 1.82) is 0 Å². The molecule has 262 valence electrons. The van der Waals surface area contributed by atoms with E-state index >= 15 is 0 Å². The SMILES string of the molecule is CC.CC.C[C@@H]1CN(C(=O)[C@@H](NC(=O)c2cc3c(F)cccc3[nH]2)C(C)(C)C)[C@H](C(=O)N[C@@H](C[C@@H]2CCNC2=O)C(=O)CO)C1(C)C. The lowest BCUT2D eigenvalue weighted by atomic mass is 9.77. The minimum atomic E-state index is -1.10. The molecule has 0 aliphatic carbocycles. The number of hydrogen-bond donors (Lipinski definition) is 5. The van der Waals surface area contributed by atoms with Gasteiger partial charge in [-0.05, 0) is 47.8 Å². The smallest absolute Gasteiger partial charge is 0.268 e. The minimum absolute atomic E-state index is 0.0411. The van der Waals surface area contributed by atoms with Gasteiger partial charge in [-0.2, -0.15) is 0 Å². The number of rotatable bonds is 9. The van der Waals surface area contributed by atoms with E-state index in [1.54, 1.807) is 26.8 Å². The molecule has 3 heterocycles. The van der Waals surface area contributed by atoms with Crippen molar-refractivity contribution in [2.24, 2.45) is 22.7 Å². The van der Waals surface area contributed by atoms with Gasteiger partial charge in [0.2, 0.25) is 17.7 Å². The fourth-order valence-electron chi connectivity index (χ4n) is 6.05. The van der Waals surface area contributed by atoms with Crippen LogP contribution in [-0.4, -0.2) is 82.2 Å². The van der Waals surface area contributed by atoms with Crippen molar-refractivity contribution in [3.63, 3.8) is 0 Å². The maximum atomic E-state index is 14.3. The van der Waals surface area contributed by atoms with Crippen LogP contribution in [0, 0.1) is 28.5 Å². The number of halogens is 1. The number of carbonyl (C=O) groups excluding carboxylic acids is 5. The van der Waals surface area contributed by atoms with Crippen LogP contribution in [0.3, 0.4) is 0 Å². The number of H-pyrrole nitrogens is 1. The molecule has 11 nitrogen and oxygen atoms in total. The lowest BCUT2D eigenvalue weighted by molar-refractivity contribution is -0.144. The maximum absolute atomic E-state index is 14.3. The molecule has 2 aromatic rings. The largest absolute Gasteiger partial charge is 0.389 e. The first kappa shape index (κ1) is 39.4. The number of nitrogens with one attached hydrogen (secondary N) is 4. The highest BCUT2D eigenvalue weighted by Crippen LogP contribution is 2.42. The highest BCUT2D eigenvalue weighted by Gasteiger charge is 2.54. The highest BCUT2D eigenvalue weighted by atomic mass is 19.1. The predicted octanol–water partition coefficient (Wildman–Crippen LogP) is 3.95. The van der Waals surface area contributed by atoms with E-state index in [4.69, 9.17) is 0 Å². The molecule has 1 aromatic heterocycles. The van der Waals surface area contributed by atoms with Crippen molar-refractivity contribution in [2.75, 3.05) is 19.7 Å². The number of amides is 4. The molecule has 2 fully saturated rings. The van der Waals surface area contributed by atoms with Crippen LogP contribution < -0.4 is 16.0 Å². The van der Waals surface area contributed by atoms with Crippen molar-refractivity contribution in [3.8, 4) is 0 Å². The van der Waals surface area contributed by atoms with Gasteiger partial charge in [-0.15, -0.1) is 0 Å². The number of fused-ring (bicyclic) bond motifs is 1. The van der Waals surface area contributed by atoms with Crippen LogP contribution >= 0.6 is 0 Å².